The third kappa shape index (κ3) is 1.51. The van der Waals surface area contributed by atoms with Gasteiger partial charge in [-0.15, -0.1) is 0 Å². The van der Waals surface area contributed by atoms with Crippen molar-refractivity contribution in [1.82, 2.24) is 0 Å². The summed E-state index contributed by atoms with van der Waals surface area (Å²) in [6.45, 7) is 4.19. The molecule has 3 saturated carbocycles. The fraction of sp³-hybridized carbons (Fsp3) is 0.684. The second-order valence-electron chi connectivity index (χ2n) is 8.16. The van der Waals surface area contributed by atoms with Crippen LogP contribution >= 0.6 is 0 Å². The molecule has 0 aromatic carbocycles. The number of allylic oxidation sites excluding steroid dienone is 2. The third-order valence-electron chi connectivity index (χ3n) is 7.45. The number of hydrogen-bond acceptors (Lipinski definition) is 3. The van der Waals surface area contributed by atoms with E-state index in [-0.39, 0.29) is 17.1 Å². The average Bonchev–Trinajstić information content (AvgIpc) is 2.77. The Kier molecular flexibility index (Phi) is 2.74. The summed E-state index contributed by atoms with van der Waals surface area (Å²) in [4.78, 5) is 24.1. The van der Waals surface area contributed by atoms with Crippen LogP contribution in [0.4, 0.5) is 0 Å². The summed E-state index contributed by atoms with van der Waals surface area (Å²) >= 11 is 0. The summed E-state index contributed by atoms with van der Waals surface area (Å²) in [6, 6.07) is 0. The van der Waals surface area contributed by atoms with Crippen LogP contribution in [-0.2, 0) is 9.59 Å². The van der Waals surface area contributed by atoms with Crippen LogP contribution in [0.15, 0.2) is 23.8 Å². The van der Waals surface area contributed by atoms with E-state index in [1.165, 1.54) is 0 Å². The van der Waals surface area contributed by atoms with Crippen LogP contribution in [0, 0.1) is 22.7 Å². The number of fused-ring (bicyclic) bond motifs is 5. The van der Waals surface area contributed by atoms with Gasteiger partial charge < -0.3 is 5.11 Å². The Balaban J connectivity index is 1.79. The van der Waals surface area contributed by atoms with Crippen molar-refractivity contribution in [3.8, 4) is 0 Å². The lowest BCUT2D eigenvalue weighted by Gasteiger charge is -2.60. The van der Waals surface area contributed by atoms with Crippen LogP contribution in [0.3, 0.4) is 0 Å². The quantitative estimate of drug-likeness (QED) is 0.748. The standard InChI is InChI=1S/C19H24O3/c1-17-9-10-19(22)15(14(17)5-6-16(17)21)4-3-12-11-13(20)7-8-18(12,19)2/h7-8,11,14-15,22H,3-6,9-10H2,1-2H3. The maximum absolute atomic E-state index is 12.4. The van der Waals surface area contributed by atoms with Crippen LogP contribution in [0.2, 0.25) is 0 Å². The molecule has 3 fully saturated rings. The Labute approximate surface area is 131 Å². The number of aliphatic hydroxyl groups is 1. The normalized spacial score (nSPS) is 50.2. The first kappa shape index (κ1) is 14.4. The maximum Gasteiger partial charge on any atom is 0.178 e. The monoisotopic (exact) mass is 300 g/mol. The van der Waals surface area contributed by atoms with Gasteiger partial charge in [-0.25, -0.2) is 0 Å². The highest BCUT2D eigenvalue weighted by Gasteiger charge is 2.65. The zero-order valence-electron chi connectivity index (χ0n) is 13.4. The van der Waals surface area contributed by atoms with Gasteiger partial charge in [-0.1, -0.05) is 18.6 Å². The van der Waals surface area contributed by atoms with Gasteiger partial charge in [0.2, 0.25) is 0 Å². The number of hydrogen-bond donors (Lipinski definition) is 1. The third-order valence-corrected chi connectivity index (χ3v) is 7.45. The van der Waals surface area contributed by atoms with Crippen LogP contribution in [0.25, 0.3) is 0 Å². The molecule has 118 valence electrons. The van der Waals surface area contributed by atoms with E-state index in [0.717, 1.165) is 31.3 Å². The molecule has 0 spiro atoms. The molecule has 22 heavy (non-hydrogen) atoms. The van der Waals surface area contributed by atoms with Gasteiger partial charge in [-0.05, 0) is 63.0 Å². The summed E-state index contributed by atoms with van der Waals surface area (Å²) in [5.74, 6) is 0.882. The minimum absolute atomic E-state index is 0.0335. The van der Waals surface area contributed by atoms with Gasteiger partial charge in [-0.3, -0.25) is 9.59 Å². The first-order chi connectivity index (χ1) is 10.3. The minimum Gasteiger partial charge on any atom is -0.388 e. The molecule has 1 N–H and O–H groups in total. The van der Waals surface area contributed by atoms with E-state index in [0.29, 0.717) is 24.5 Å². The van der Waals surface area contributed by atoms with Gasteiger partial charge in [-0.2, -0.15) is 0 Å². The minimum atomic E-state index is -0.816. The predicted molar refractivity (Wildman–Crippen MR) is 83.1 cm³/mol. The number of carbonyl (C=O) groups excluding carboxylic acids is 2. The molecular weight excluding hydrogens is 276 g/mol. The first-order valence-electron chi connectivity index (χ1n) is 8.51. The van der Waals surface area contributed by atoms with Crippen molar-refractivity contribution in [3.05, 3.63) is 23.8 Å². The highest BCUT2D eigenvalue weighted by Crippen LogP contribution is 2.65. The Morgan fingerprint density at radius 3 is 2.59 bits per heavy atom. The Bertz CT molecular complexity index is 631. The molecular formula is C19H24O3. The van der Waals surface area contributed by atoms with Crippen LogP contribution in [-0.4, -0.2) is 22.3 Å². The van der Waals surface area contributed by atoms with E-state index < -0.39 is 11.0 Å². The molecule has 3 heteroatoms. The SMILES string of the molecule is CC12CCC3(O)C(CCC4=CC(=O)C=CC43C)C1CCC2=O. The van der Waals surface area contributed by atoms with Crippen molar-refractivity contribution in [2.45, 2.75) is 58.0 Å². The lowest BCUT2D eigenvalue weighted by Crippen LogP contribution is -2.62. The van der Waals surface area contributed by atoms with Gasteiger partial charge in [0, 0.05) is 17.3 Å². The molecule has 4 aliphatic carbocycles. The van der Waals surface area contributed by atoms with E-state index in [1.807, 2.05) is 6.08 Å². The van der Waals surface area contributed by atoms with Gasteiger partial charge >= 0.3 is 0 Å². The highest BCUT2D eigenvalue weighted by molar-refractivity contribution is 6.01. The number of Topliss-reactive ketones (excluding diaryl/α,β-unsaturated/α-hetero) is 1. The van der Waals surface area contributed by atoms with Crippen LogP contribution < -0.4 is 0 Å². The van der Waals surface area contributed by atoms with Gasteiger partial charge in [0.1, 0.15) is 5.78 Å². The molecule has 0 aromatic rings. The molecule has 0 aromatic heterocycles. The lowest BCUT2D eigenvalue weighted by molar-refractivity contribution is -0.173. The second-order valence-corrected chi connectivity index (χ2v) is 8.16. The summed E-state index contributed by atoms with van der Waals surface area (Å²) in [7, 11) is 0. The summed E-state index contributed by atoms with van der Waals surface area (Å²) < 4.78 is 0. The molecule has 5 unspecified atom stereocenters. The van der Waals surface area contributed by atoms with E-state index in [2.05, 4.69) is 13.8 Å². The fourth-order valence-corrected chi connectivity index (χ4v) is 5.91. The van der Waals surface area contributed by atoms with E-state index >= 15 is 0 Å². The molecule has 0 bridgehead atoms. The molecule has 4 rings (SSSR count). The molecule has 0 amide bonds. The average molecular weight is 300 g/mol. The smallest absolute Gasteiger partial charge is 0.178 e. The van der Waals surface area contributed by atoms with Crippen LogP contribution in [0.5, 0.6) is 0 Å². The molecule has 0 saturated heterocycles. The zero-order chi connectivity index (χ0) is 15.8. The molecule has 0 radical (unpaired) electrons. The van der Waals surface area contributed by atoms with Crippen molar-refractivity contribution >= 4 is 11.6 Å². The molecule has 5 atom stereocenters. The largest absolute Gasteiger partial charge is 0.388 e. The van der Waals surface area contributed by atoms with Gasteiger partial charge in [0.05, 0.1) is 5.60 Å². The second kappa shape index (κ2) is 4.19. The van der Waals surface area contributed by atoms with Gasteiger partial charge in [0.25, 0.3) is 0 Å². The molecule has 0 heterocycles. The number of ketones is 2. The lowest BCUT2D eigenvalue weighted by atomic mass is 9.46. The van der Waals surface area contributed by atoms with Gasteiger partial charge in [0.15, 0.2) is 5.78 Å². The summed E-state index contributed by atoms with van der Waals surface area (Å²) in [5.41, 5.74) is -0.422. The number of carbonyl (C=O) groups is 2. The van der Waals surface area contributed by atoms with E-state index in [9.17, 15) is 14.7 Å². The van der Waals surface area contributed by atoms with Crippen molar-refractivity contribution in [2.24, 2.45) is 22.7 Å². The predicted octanol–water partition coefficient (Wildman–Crippen LogP) is 2.98. The molecule has 3 nitrogen and oxygen atoms in total. The van der Waals surface area contributed by atoms with Crippen molar-refractivity contribution in [2.75, 3.05) is 0 Å². The van der Waals surface area contributed by atoms with Crippen molar-refractivity contribution in [3.63, 3.8) is 0 Å². The number of rotatable bonds is 0. The fourth-order valence-electron chi connectivity index (χ4n) is 5.91. The van der Waals surface area contributed by atoms with E-state index in [4.69, 9.17) is 0 Å². The zero-order valence-corrected chi connectivity index (χ0v) is 13.4. The summed E-state index contributed by atoms with van der Waals surface area (Å²) in [5, 5.41) is 11.7. The Morgan fingerprint density at radius 2 is 1.82 bits per heavy atom. The molecule has 4 aliphatic rings. The Hall–Kier alpha value is -1.22. The maximum atomic E-state index is 12.4. The first-order valence-corrected chi connectivity index (χ1v) is 8.51. The van der Waals surface area contributed by atoms with Crippen molar-refractivity contribution < 1.29 is 14.7 Å². The van der Waals surface area contributed by atoms with E-state index in [1.54, 1.807) is 12.2 Å². The summed E-state index contributed by atoms with van der Waals surface area (Å²) in [6.07, 6.45) is 10.0. The van der Waals surface area contributed by atoms with Crippen molar-refractivity contribution in [1.29, 1.82) is 0 Å². The highest BCUT2D eigenvalue weighted by atomic mass is 16.3. The van der Waals surface area contributed by atoms with Crippen LogP contribution in [0.1, 0.15) is 52.4 Å². The molecule has 0 aliphatic heterocycles. The topological polar surface area (TPSA) is 54.4 Å². The Morgan fingerprint density at radius 1 is 1.09 bits per heavy atom.